The fraction of sp³-hybridized carbons (Fsp3) is 0.579. The van der Waals surface area contributed by atoms with Crippen molar-refractivity contribution in [3.8, 4) is 5.75 Å². The van der Waals surface area contributed by atoms with Crippen LogP contribution in [-0.4, -0.2) is 54.2 Å². The van der Waals surface area contributed by atoms with Gasteiger partial charge in [-0.1, -0.05) is 25.0 Å². The number of nitrogens with zero attached hydrogens (tertiary/aromatic N) is 2. The molecule has 6 nitrogen and oxygen atoms in total. The van der Waals surface area contributed by atoms with Crippen molar-refractivity contribution in [3.05, 3.63) is 24.3 Å². The number of aromatic hydroxyl groups is 1. The van der Waals surface area contributed by atoms with Crippen LogP contribution in [0.3, 0.4) is 0 Å². The van der Waals surface area contributed by atoms with Gasteiger partial charge in [-0.2, -0.15) is 0 Å². The molecule has 2 fully saturated rings. The van der Waals surface area contributed by atoms with Crippen molar-refractivity contribution in [2.24, 2.45) is 5.92 Å². The highest BCUT2D eigenvalue weighted by atomic mass is 16.5. The first-order chi connectivity index (χ1) is 12.1. The zero-order valence-electron chi connectivity index (χ0n) is 14.7. The molecule has 1 aliphatic carbocycles. The molecule has 0 unspecified atom stereocenters. The predicted octanol–water partition coefficient (Wildman–Crippen LogP) is 2.16. The van der Waals surface area contributed by atoms with E-state index in [0.717, 1.165) is 31.4 Å². The Bertz CT molecular complexity index is 620. The Kier molecular flexibility index (Phi) is 5.46. The minimum atomic E-state index is -0.732. The molecular weight excluding hydrogens is 320 g/mol. The molecule has 25 heavy (non-hydrogen) atoms. The molecule has 6 heteroatoms. The Hall–Kier alpha value is -2.24. The quantitative estimate of drug-likeness (QED) is 0.846. The minimum Gasteiger partial charge on any atom is -0.506 e. The Labute approximate surface area is 148 Å². The number of phenolic OH excluding ortho intramolecular Hbond substituents is 1. The number of amides is 1. The lowest BCUT2D eigenvalue weighted by Crippen LogP contribution is -2.51. The van der Waals surface area contributed by atoms with Crippen molar-refractivity contribution >= 4 is 17.6 Å². The summed E-state index contributed by atoms with van der Waals surface area (Å²) in [5.41, 5.74) is 0.787. The Morgan fingerprint density at radius 2 is 1.76 bits per heavy atom. The summed E-state index contributed by atoms with van der Waals surface area (Å²) >= 11 is 0. The molecule has 1 saturated carbocycles. The number of anilines is 1. The molecule has 1 N–H and O–H groups in total. The van der Waals surface area contributed by atoms with E-state index in [4.69, 9.17) is 4.74 Å². The third-order valence-corrected chi connectivity index (χ3v) is 5.14. The van der Waals surface area contributed by atoms with Crippen molar-refractivity contribution in [1.29, 1.82) is 0 Å². The summed E-state index contributed by atoms with van der Waals surface area (Å²) in [7, 11) is 0. The number of carbonyl (C=O) groups is 2. The largest absolute Gasteiger partial charge is 0.506 e. The molecule has 1 aromatic carbocycles. The molecule has 0 spiro atoms. The van der Waals surface area contributed by atoms with Gasteiger partial charge in [0.2, 0.25) is 0 Å². The lowest BCUT2D eigenvalue weighted by atomic mass is 10.1. The average Bonchev–Trinajstić information content (AvgIpc) is 3.16. The molecule has 1 heterocycles. The first-order valence-electron chi connectivity index (χ1n) is 9.08. The first-order valence-corrected chi connectivity index (χ1v) is 9.08. The van der Waals surface area contributed by atoms with Gasteiger partial charge in [0.1, 0.15) is 5.75 Å². The number of hydrogen-bond donors (Lipinski definition) is 1. The number of ether oxygens (including phenoxy) is 1. The molecule has 1 atom stereocenters. The molecule has 1 amide bonds. The van der Waals surface area contributed by atoms with Gasteiger partial charge in [-0.15, -0.1) is 0 Å². The van der Waals surface area contributed by atoms with E-state index in [0.29, 0.717) is 26.2 Å². The van der Waals surface area contributed by atoms with E-state index in [1.165, 1.54) is 0 Å². The van der Waals surface area contributed by atoms with E-state index in [-0.39, 0.29) is 23.5 Å². The maximum absolute atomic E-state index is 12.5. The minimum absolute atomic E-state index is 0.0341. The monoisotopic (exact) mass is 346 g/mol. The van der Waals surface area contributed by atoms with Crippen molar-refractivity contribution in [2.75, 3.05) is 31.1 Å². The highest BCUT2D eigenvalue weighted by Gasteiger charge is 2.31. The molecule has 1 aliphatic heterocycles. The molecule has 0 bridgehead atoms. The van der Waals surface area contributed by atoms with E-state index in [9.17, 15) is 14.7 Å². The summed E-state index contributed by atoms with van der Waals surface area (Å²) in [5, 5.41) is 9.95. The van der Waals surface area contributed by atoms with Gasteiger partial charge in [-0.3, -0.25) is 9.59 Å². The van der Waals surface area contributed by atoms with Crippen LogP contribution in [0.1, 0.15) is 32.6 Å². The van der Waals surface area contributed by atoms with E-state index in [2.05, 4.69) is 4.90 Å². The highest BCUT2D eigenvalue weighted by Crippen LogP contribution is 2.28. The number of piperazine rings is 1. The van der Waals surface area contributed by atoms with Gasteiger partial charge >= 0.3 is 5.97 Å². The number of para-hydroxylation sites is 2. The second kappa shape index (κ2) is 7.76. The topological polar surface area (TPSA) is 70.1 Å². The number of benzene rings is 1. The maximum atomic E-state index is 12.5. The number of phenols is 1. The summed E-state index contributed by atoms with van der Waals surface area (Å²) in [6, 6.07) is 7.21. The summed E-state index contributed by atoms with van der Waals surface area (Å²) in [6.45, 7) is 4.06. The second-order valence-corrected chi connectivity index (χ2v) is 6.86. The number of carbonyl (C=O) groups excluding carboxylic acids is 2. The third-order valence-electron chi connectivity index (χ3n) is 5.14. The predicted molar refractivity (Wildman–Crippen MR) is 94.4 cm³/mol. The van der Waals surface area contributed by atoms with Crippen LogP contribution in [-0.2, 0) is 14.3 Å². The van der Waals surface area contributed by atoms with Crippen LogP contribution in [0.4, 0.5) is 5.69 Å². The van der Waals surface area contributed by atoms with Crippen LogP contribution in [0, 0.1) is 5.92 Å². The molecule has 2 aliphatic rings. The van der Waals surface area contributed by atoms with Gasteiger partial charge < -0.3 is 19.6 Å². The lowest BCUT2D eigenvalue weighted by molar-refractivity contribution is -0.162. The molecule has 3 rings (SSSR count). The van der Waals surface area contributed by atoms with Crippen LogP contribution >= 0.6 is 0 Å². The SMILES string of the molecule is C[C@H](OC(=O)C1CCCC1)C(=O)N1CCN(c2ccccc2O)CC1. The zero-order valence-corrected chi connectivity index (χ0v) is 14.7. The Morgan fingerprint density at radius 1 is 1.12 bits per heavy atom. The van der Waals surface area contributed by atoms with Crippen LogP contribution in [0.2, 0.25) is 0 Å². The Balaban J connectivity index is 1.51. The highest BCUT2D eigenvalue weighted by molar-refractivity contribution is 5.84. The van der Waals surface area contributed by atoms with Crippen molar-refractivity contribution in [3.63, 3.8) is 0 Å². The molecule has 136 valence electrons. The van der Waals surface area contributed by atoms with Gasteiger partial charge in [0, 0.05) is 26.2 Å². The van der Waals surface area contributed by atoms with Gasteiger partial charge in [-0.25, -0.2) is 0 Å². The standard InChI is InChI=1S/C19H26N2O4/c1-14(25-19(24)15-6-2-3-7-15)18(23)21-12-10-20(11-13-21)16-8-4-5-9-17(16)22/h4-5,8-9,14-15,22H,2-3,6-7,10-13H2,1H3/t14-/m0/s1. The van der Waals surface area contributed by atoms with Gasteiger partial charge in [0.15, 0.2) is 6.10 Å². The number of esters is 1. The fourth-order valence-corrected chi connectivity index (χ4v) is 3.64. The fourth-order valence-electron chi connectivity index (χ4n) is 3.64. The molecule has 1 saturated heterocycles. The summed E-state index contributed by atoms with van der Waals surface area (Å²) in [4.78, 5) is 28.4. The van der Waals surface area contributed by atoms with E-state index >= 15 is 0 Å². The smallest absolute Gasteiger partial charge is 0.309 e. The number of hydrogen-bond acceptors (Lipinski definition) is 5. The maximum Gasteiger partial charge on any atom is 0.309 e. The normalized spacial score (nSPS) is 19.7. The number of rotatable bonds is 4. The molecular formula is C19H26N2O4. The molecule has 0 radical (unpaired) electrons. The van der Waals surface area contributed by atoms with Gasteiger partial charge in [-0.05, 0) is 31.9 Å². The average molecular weight is 346 g/mol. The van der Waals surface area contributed by atoms with Gasteiger partial charge in [0.25, 0.3) is 5.91 Å². The van der Waals surface area contributed by atoms with Crippen molar-refractivity contribution in [2.45, 2.75) is 38.7 Å². The summed E-state index contributed by atoms with van der Waals surface area (Å²) < 4.78 is 5.40. The van der Waals surface area contributed by atoms with Crippen LogP contribution in [0.25, 0.3) is 0 Å². The van der Waals surface area contributed by atoms with Crippen LogP contribution < -0.4 is 4.90 Å². The summed E-state index contributed by atoms with van der Waals surface area (Å²) in [5.74, 6) is -0.149. The van der Waals surface area contributed by atoms with Gasteiger partial charge in [0.05, 0.1) is 11.6 Å². The molecule has 0 aromatic heterocycles. The molecule has 1 aromatic rings. The van der Waals surface area contributed by atoms with Crippen molar-refractivity contribution < 1.29 is 19.4 Å². The van der Waals surface area contributed by atoms with E-state index in [1.54, 1.807) is 24.0 Å². The van der Waals surface area contributed by atoms with E-state index in [1.807, 2.05) is 12.1 Å². The van der Waals surface area contributed by atoms with E-state index < -0.39 is 6.10 Å². The summed E-state index contributed by atoms with van der Waals surface area (Å²) in [6.07, 6.45) is 3.15. The van der Waals surface area contributed by atoms with Crippen LogP contribution in [0.15, 0.2) is 24.3 Å². The van der Waals surface area contributed by atoms with Crippen molar-refractivity contribution in [1.82, 2.24) is 4.90 Å². The zero-order chi connectivity index (χ0) is 17.8. The lowest BCUT2D eigenvalue weighted by Gasteiger charge is -2.37. The Morgan fingerprint density at radius 3 is 2.40 bits per heavy atom. The third kappa shape index (κ3) is 4.06. The first kappa shape index (κ1) is 17.6. The second-order valence-electron chi connectivity index (χ2n) is 6.86. The van der Waals surface area contributed by atoms with Crippen LogP contribution in [0.5, 0.6) is 5.75 Å².